The first-order valence-electron chi connectivity index (χ1n) is 4.91. The van der Waals surface area contributed by atoms with E-state index >= 15 is 0 Å². The number of ether oxygens (including phenoxy) is 1. The Morgan fingerprint density at radius 1 is 1.27 bits per heavy atom. The van der Waals surface area contributed by atoms with E-state index in [9.17, 15) is 0 Å². The molecule has 0 amide bonds. The van der Waals surface area contributed by atoms with Gasteiger partial charge in [-0.3, -0.25) is 0 Å². The normalized spacial score (nSPS) is 10.7. The minimum atomic E-state index is 0.474. The van der Waals surface area contributed by atoms with Crippen molar-refractivity contribution in [1.29, 1.82) is 0 Å². The van der Waals surface area contributed by atoms with Crippen molar-refractivity contribution in [3.63, 3.8) is 0 Å². The van der Waals surface area contributed by atoms with Crippen LogP contribution in [0.25, 0.3) is 0 Å². The van der Waals surface area contributed by atoms with Crippen LogP contribution in [0.5, 0.6) is 5.75 Å². The van der Waals surface area contributed by atoms with Gasteiger partial charge in [0.1, 0.15) is 12.4 Å². The SMILES string of the molecule is CC(C)NCCOc1ccc(Cl)c(Cl)c1. The zero-order valence-corrected chi connectivity index (χ0v) is 10.4. The van der Waals surface area contributed by atoms with Crippen LogP contribution in [0.2, 0.25) is 10.0 Å². The molecule has 84 valence electrons. The van der Waals surface area contributed by atoms with E-state index in [-0.39, 0.29) is 0 Å². The van der Waals surface area contributed by atoms with E-state index in [1.807, 2.05) is 6.07 Å². The lowest BCUT2D eigenvalue weighted by Gasteiger charge is -2.10. The number of hydrogen-bond donors (Lipinski definition) is 1. The largest absolute Gasteiger partial charge is 0.492 e. The van der Waals surface area contributed by atoms with Crippen molar-refractivity contribution in [3.05, 3.63) is 28.2 Å². The monoisotopic (exact) mass is 247 g/mol. The van der Waals surface area contributed by atoms with Gasteiger partial charge in [0.25, 0.3) is 0 Å². The molecule has 1 aromatic carbocycles. The van der Waals surface area contributed by atoms with Crippen LogP contribution >= 0.6 is 23.2 Å². The third-order valence-corrected chi connectivity index (χ3v) is 2.55. The summed E-state index contributed by atoms with van der Waals surface area (Å²) >= 11 is 11.6. The zero-order chi connectivity index (χ0) is 11.3. The molecule has 0 spiro atoms. The maximum Gasteiger partial charge on any atom is 0.120 e. The Morgan fingerprint density at radius 2 is 2.00 bits per heavy atom. The quantitative estimate of drug-likeness (QED) is 0.806. The fourth-order valence-electron chi connectivity index (χ4n) is 1.08. The predicted octanol–water partition coefficient (Wildman–Crippen LogP) is 3.37. The van der Waals surface area contributed by atoms with Gasteiger partial charge in [-0.15, -0.1) is 0 Å². The minimum Gasteiger partial charge on any atom is -0.492 e. The second-order valence-corrected chi connectivity index (χ2v) is 4.35. The minimum absolute atomic E-state index is 0.474. The summed E-state index contributed by atoms with van der Waals surface area (Å²) in [4.78, 5) is 0. The van der Waals surface area contributed by atoms with Crippen molar-refractivity contribution in [2.45, 2.75) is 19.9 Å². The summed E-state index contributed by atoms with van der Waals surface area (Å²) < 4.78 is 5.49. The lowest BCUT2D eigenvalue weighted by Crippen LogP contribution is -2.27. The first kappa shape index (κ1) is 12.6. The molecule has 0 atom stereocenters. The Hall–Kier alpha value is -0.440. The Bertz CT molecular complexity index is 315. The molecule has 4 heteroatoms. The van der Waals surface area contributed by atoms with E-state index in [0.29, 0.717) is 22.7 Å². The highest BCUT2D eigenvalue weighted by Gasteiger charge is 2.00. The number of rotatable bonds is 5. The van der Waals surface area contributed by atoms with Crippen molar-refractivity contribution >= 4 is 23.2 Å². The molecule has 0 aliphatic heterocycles. The molecule has 1 aromatic rings. The van der Waals surface area contributed by atoms with E-state index in [0.717, 1.165) is 12.3 Å². The van der Waals surface area contributed by atoms with Crippen molar-refractivity contribution in [3.8, 4) is 5.75 Å². The van der Waals surface area contributed by atoms with Crippen LogP contribution in [0.4, 0.5) is 0 Å². The Morgan fingerprint density at radius 3 is 2.60 bits per heavy atom. The average Bonchev–Trinajstić information content (AvgIpc) is 2.18. The summed E-state index contributed by atoms with van der Waals surface area (Å²) in [6, 6.07) is 5.74. The molecule has 1 N–H and O–H groups in total. The zero-order valence-electron chi connectivity index (χ0n) is 8.89. The lowest BCUT2D eigenvalue weighted by atomic mass is 10.3. The predicted molar refractivity (Wildman–Crippen MR) is 65.1 cm³/mol. The molecular formula is C11H15Cl2NO. The second-order valence-electron chi connectivity index (χ2n) is 3.53. The van der Waals surface area contributed by atoms with E-state index in [2.05, 4.69) is 19.2 Å². The van der Waals surface area contributed by atoms with Gasteiger partial charge in [0.05, 0.1) is 10.0 Å². The molecule has 15 heavy (non-hydrogen) atoms. The summed E-state index contributed by atoms with van der Waals surface area (Å²) in [5, 5.41) is 4.32. The molecule has 0 bridgehead atoms. The van der Waals surface area contributed by atoms with Crippen LogP contribution in [0.3, 0.4) is 0 Å². The van der Waals surface area contributed by atoms with Crippen LogP contribution < -0.4 is 10.1 Å². The maximum absolute atomic E-state index is 5.85. The lowest BCUT2D eigenvalue weighted by molar-refractivity contribution is 0.309. The molecule has 0 radical (unpaired) electrons. The van der Waals surface area contributed by atoms with Gasteiger partial charge in [-0.25, -0.2) is 0 Å². The van der Waals surface area contributed by atoms with E-state index in [1.165, 1.54) is 0 Å². The summed E-state index contributed by atoms with van der Waals surface area (Å²) in [7, 11) is 0. The van der Waals surface area contributed by atoms with Gasteiger partial charge in [-0.1, -0.05) is 37.0 Å². The fraction of sp³-hybridized carbons (Fsp3) is 0.455. The summed E-state index contributed by atoms with van der Waals surface area (Å²) in [6.45, 7) is 5.63. The van der Waals surface area contributed by atoms with Gasteiger partial charge in [0.15, 0.2) is 0 Å². The van der Waals surface area contributed by atoms with Crippen LogP contribution in [-0.2, 0) is 0 Å². The van der Waals surface area contributed by atoms with Crippen LogP contribution in [0.1, 0.15) is 13.8 Å². The average molecular weight is 248 g/mol. The molecule has 2 nitrogen and oxygen atoms in total. The van der Waals surface area contributed by atoms with Gasteiger partial charge < -0.3 is 10.1 Å². The Balaban J connectivity index is 2.35. The summed E-state index contributed by atoms with van der Waals surface area (Å²) in [5.74, 6) is 0.745. The molecule has 1 rings (SSSR count). The van der Waals surface area contributed by atoms with Crippen molar-refractivity contribution in [2.75, 3.05) is 13.2 Å². The molecule has 0 fully saturated rings. The highest BCUT2D eigenvalue weighted by Crippen LogP contribution is 2.26. The van der Waals surface area contributed by atoms with Crippen molar-refractivity contribution in [1.82, 2.24) is 5.32 Å². The van der Waals surface area contributed by atoms with Gasteiger partial charge in [0.2, 0.25) is 0 Å². The van der Waals surface area contributed by atoms with Gasteiger partial charge in [-0.05, 0) is 12.1 Å². The molecular weight excluding hydrogens is 233 g/mol. The maximum atomic E-state index is 5.85. The van der Waals surface area contributed by atoms with E-state index in [1.54, 1.807) is 12.1 Å². The molecule has 0 aliphatic rings. The smallest absolute Gasteiger partial charge is 0.120 e. The van der Waals surface area contributed by atoms with Gasteiger partial charge in [0, 0.05) is 18.7 Å². The van der Waals surface area contributed by atoms with Crippen molar-refractivity contribution in [2.24, 2.45) is 0 Å². The molecule has 0 aliphatic carbocycles. The Labute approximate surface area is 101 Å². The first-order chi connectivity index (χ1) is 7.09. The van der Waals surface area contributed by atoms with E-state index < -0.39 is 0 Å². The first-order valence-corrected chi connectivity index (χ1v) is 5.66. The number of hydrogen-bond acceptors (Lipinski definition) is 2. The van der Waals surface area contributed by atoms with E-state index in [4.69, 9.17) is 27.9 Å². The highest BCUT2D eigenvalue weighted by molar-refractivity contribution is 6.42. The highest BCUT2D eigenvalue weighted by atomic mass is 35.5. The molecule has 0 unspecified atom stereocenters. The standard InChI is InChI=1S/C11H15Cl2NO/c1-8(2)14-5-6-15-9-3-4-10(12)11(13)7-9/h3-4,7-8,14H,5-6H2,1-2H3. The van der Waals surface area contributed by atoms with Gasteiger partial charge >= 0.3 is 0 Å². The topological polar surface area (TPSA) is 21.3 Å². The molecule has 0 heterocycles. The van der Waals surface area contributed by atoms with Crippen molar-refractivity contribution < 1.29 is 4.74 Å². The fourth-order valence-corrected chi connectivity index (χ4v) is 1.37. The summed E-state index contributed by atoms with van der Waals surface area (Å²) in [5.41, 5.74) is 0. The van der Waals surface area contributed by atoms with Crippen LogP contribution in [0.15, 0.2) is 18.2 Å². The molecule has 0 saturated heterocycles. The number of nitrogens with one attached hydrogen (secondary N) is 1. The third-order valence-electron chi connectivity index (χ3n) is 1.81. The number of halogens is 2. The van der Waals surface area contributed by atoms with Crippen LogP contribution in [0, 0.1) is 0 Å². The third kappa shape index (κ3) is 4.74. The Kier molecular flexibility index (Phi) is 5.23. The molecule has 0 saturated carbocycles. The van der Waals surface area contributed by atoms with Gasteiger partial charge in [-0.2, -0.15) is 0 Å². The number of benzene rings is 1. The summed E-state index contributed by atoms with van der Waals surface area (Å²) in [6.07, 6.45) is 0. The molecule has 0 aromatic heterocycles. The second kappa shape index (κ2) is 6.21. The van der Waals surface area contributed by atoms with Crippen LogP contribution in [-0.4, -0.2) is 19.2 Å².